The van der Waals surface area contributed by atoms with Gasteiger partial charge in [0.15, 0.2) is 11.5 Å². The predicted octanol–water partition coefficient (Wildman–Crippen LogP) is 3.96. The summed E-state index contributed by atoms with van der Waals surface area (Å²) in [6.45, 7) is 6.16. The molecule has 0 bridgehead atoms. The summed E-state index contributed by atoms with van der Waals surface area (Å²) in [7, 11) is 1.72. The third-order valence-corrected chi connectivity index (χ3v) is 7.01. The zero-order valence-electron chi connectivity index (χ0n) is 20.1. The highest BCUT2D eigenvalue weighted by molar-refractivity contribution is 5.83. The molecule has 0 aliphatic carbocycles. The van der Waals surface area contributed by atoms with Gasteiger partial charge in [0.25, 0.3) is 0 Å². The van der Waals surface area contributed by atoms with Crippen molar-refractivity contribution in [3.8, 4) is 11.5 Å². The van der Waals surface area contributed by atoms with Crippen LogP contribution in [0.1, 0.15) is 53.5 Å². The van der Waals surface area contributed by atoms with Gasteiger partial charge in [0, 0.05) is 43.9 Å². The number of benzene rings is 2. The van der Waals surface area contributed by atoms with Crippen molar-refractivity contribution in [2.75, 3.05) is 20.4 Å². The molecule has 5 rings (SSSR count). The summed E-state index contributed by atoms with van der Waals surface area (Å²) in [5.74, 6) is 1.62. The second kappa shape index (κ2) is 9.50. The zero-order valence-corrected chi connectivity index (χ0v) is 20.1. The van der Waals surface area contributed by atoms with Crippen molar-refractivity contribution in [1.29, 1.82) is 0 Å². The van der Waals surface area contributed by atoms with E-state index in [0.717, 1.165) is 55.1 Å². The van der Waals surface area contributed by atoms with Gasteiger partial charge in [0.2, 0.25) is 12.7 Å². The van der Waals surface area contributed by atoms with Gasteiger partial charge in [-0.15, -0.1) is 0 Å². The van der Waals surface area contributed by atoms with Crippen molar-refractivity contribution in [2.24, 2.45) is 0 Å². The lowest BCUT2D eigenvalue weighted by Crippen LogP contribution is -2.45. The number of ether oxygens (including phenoxy) is 2. The summed E-state index contributed by atoms with van der Waals surface area (Å²) in [4.78, 5) is 15.6. The molecule has 0 radical (unpaired) electrons. The van der Waals surface area contributed by atoms with Crippen molar-refractivity contribution in [1.82, 2.24) is 20.0 Å². The predicted molar refractivity (Wildman–Crippen MR) is 130 cm³/mol. The molecule has 1 N–H and O–H groups in total. The Labute approximate surface area is 200 Å². The number of amides is 1. The van der Waals surface area contributed by atoms with Crippen molar-refractivity contribution >= 4 is 5.91 Å². The fraction of sp³-hybridized carbons (Fsp3) is 0.407. The van der Waals surface area contributed by atoms with Crippen LogP contribution in [0.25, 0.3) is 0 Å². The number of fused-ring (bicyclic) bond motifs is 2. The van der Waals surface area contributed by atoms with Gasteiger partial charge in [-0.2, -0.15) is 5.10 Å². The van der Waals surface area contributed by atoms with Gasteiger partial charge < -0.3 is 14.8 Å². The Morgan fingerprint density at radius 1 is 1.18 bits per heavy atom. The van der Waals surface area contributed by atoms with Crippen LogP contribution >= 0.6 is 0 Å². The average molecular weight is 461 g/mol. The molecule has 3 heterocycles. The molecule has 0 spiro atoms. The van der Waals surface area contributed by atoms with Crippen molar-refractivity contribution in [3.63, 3.8) is 0 Å². The third-order valence-electron chi connectivity index (χ3n) is 7.01. The van der Waals surface area contributed by atoms with Crippen LogP contribution in [-0.2, 0) is 24.2 Å². The van der Waals surface area contributed by atoms with E-state index in [4.69, 9.17) is 14.6 Å². The van der Waals surface area contributed by atoms with E-state index in [1.165, 1.54) is 16.8 Å². The average Bonchev–Trinajstić information content (AvgIpc) is 3.47. The SMILES string of the molecule is CCn1nc(C)c2c1CCN(C(C(=O)NC)c1ccccc1)C2CCc1ccc2c(c1)OCO2. The lowest BCUT2D eigenvalue weighted by Gasteiger charge is -2.41. The third kappa shape index (κ3) is 4.05. The van der Waals surface area contributed by atoms with E-state index in [1.807, 2.05) is 36.4 Å². The van der Waals surface area contributed by atoms with Gasteiger partial charge in [-0.1, -0.05) is 36.4 Å². The Hall–Kier alpha value is -3.32. The van der Waals surface area contributed by atoms with Crippen LogP contribution in [0, 0.1) is 6.92 Å². The molecule has 0 fully saturated rings. The van der Waals surface area contributed by atoms with Crippen molar-refractivity contribution in [2.45, 2.75) is 51.7 Å². The summed E-state index contributed by atoms with van der Waals surface area (Å²) in [6.07, 6.45) is 2.62. The second-order valence-corrected chi connectivity index (χ2v) is 8.92. The summed E-state index contributed by atoms with van der Waals surface area (Å²) in [6, 6.07) is 16.0. The topological polar surface area (TPSA) is 68.6 Å². The number of hydrogen-bond acceptors (Lipinski definition) is 5. The minimum atomic E-state index is -0.356. The Bertz CT molecular complexity index is 1170. The maximum Gasteiger partial charge on any atom is 0.241 e. The summed E-state index contributed by atoms with van der Waals surface area (Å²) >= 11 is 0. The van der Waals surface area contributed by atoms with E-state index in [-0.39, 0.29) is 24.8 Å². The summed E-state index contributed by atoms with van der Waals surface area (Å²) in [5, 5.41) is 7.75. The first-order chi connectivity index (χ1) is 16.6. The molecule has 178 valence electrons. The van der Waals surface area contributed by atoms with Gasteiger partial charge in [-0.25, -0.2) is 0 Å². The number of nitrogens with one attached hydrogen (secondary N) is 1. The Kier molecular flexibility index (Phi) is 6.28. The molecule has 2 aliphatic heterocycles. The molecule has 34 heavy (non-hydrogen) atoms. The fourth-order valence-electron chi connectivity index (χ4n) is 5.44. The zero-order chi connectivity index (χ0) is 23.7. The van der Waals surface area contributed by atoms with Crippen LogP contribution in [-0.4, -0.2) is 41.0 Å². The molecule has 2 unspecified atom stereocenters. The molecular weight excluding hydrogens is 428 g/mol. The van der Waals surface area contributed by atoms with Crippen molar-refractivity contribution in [3.05, 3.63) is 76.6 Å². The van der Waals surface area contributed by atoms with E-state index in [2.05, 4.69) is 40.9 Å². The molecule has 1 amide bonds. The van der Waals surface area contributed by atoms with Gasteiger partial charge in [0.1, 0.15) is 6.04 Å². The number of nitrogens with zero attached hydrogens (tertiary/aromatic N) is 3. The normalized spacial score (nSPS) is 17.9. The number of hydrogen-bond donors (Lipinski definition) is 1. The number of aryl methyl sites for hydroxylation is 3. The second-order valence-electron chi connectivity index (χ2n) is 8.92. The highest BCUT2D eigenvalue weighted by Crippen LogP contribution is 2.41. The number of carbonyl (C=O) groups is 1. The van der Waals surface area contributed by atoms with Gasteiger partial charge in [0.05, 0.1) is 5.69 Å². The monoisotopic (exact) mass is 460 g/mol. The first kappa shape index (κ1) is 22.5. The van der Waals surface area contributed by atoms with E-state index in [1.54, 1.807) is 7.05 Å². The summed E-state index contributed by atoms with van der Waals surface area (Å²) < 4.78 is 13.2. The fourth-order valence-corrected chi connectivity index (χ4v) is 5.44. The lowest BCUT2D eigenvalue weighted by molar-refractivity contribution is -0.127. The number of aromatic nitrogens is 2. The van der Waals surface area contributed by atoms with Gasteiger partial charge >= 0.3 is 0 Å². The molecule has 7 heteroatoms. The first-order valence-corrected chi connectivity index (χ1v) is 12.1. The Balaban J connectivity index is 1.52. The molecule has 1 aromatic heterocycles. The maximum absolute atomic E-state index is 13.2. The summed E-state index contributed by atoms with van der Waals surface area (Å²) in [5.41, 5.74) is 5.85. The lowest BCUT2D eigenvalue weighted by atomic mass is 9.88. The molecule has 0 saturated carbocycles. The minimum Gasteiger partial charge on any atom is -0.454 e. The van der Waals surface area contributed by atoms with Crippen LogP contribution in [0.5, 0.6) is 11.5 Å². The minimum absolute atomic E-state index is 0.0169. The molecule has 2 aromatic carbocycles. The quantitative estimate of drug-likeness (QED) is 0.578. The largest absolute Gasteiger partial charge is 0.454 e. The number of likely N-dealkylation sites (N-methyl/N-ethyl adjacent to an activating group) is 1. The Morgan fingerprint density at radius 2 is 1.97 bits per heavy atom. The molecule has 2 aliphatic rings. The maximum atomic E-state index is 13.2. The van der Waals surface area contributed by atoms with Crippen LogP contribution in [0.2, 0.25) is 0 Å². The number of rotatable bonds is 7. The smallest absolute Gasteiger partial charge is 0.241 e. The van der Waals surface area contributed by atoms with Crippen LogP contribution in [0.4, 0.5) is 0 Å². The van der Waals surface area contributed by atoms with Gasteiger partial charge in [-0.3, -0.25) is 14.4 Å². The van der Waals surface area contributed by atoms with E-state index >= 15 is 0 Å². The molecule has 3 aromatic rings. The van der Waals surface area contributed by atoms with Crippen molar-refractivity contribution < 1.29 is 14.3 Å². The standard InChI is InChI=1S/C27H32N4O3/c1-4-31-22-14-15-30(26(27(32)28-3)20-8-6-5-7-9-20)21(25(22)18(2)29-31)12-10-19-11-13-23-24(16-19)34-17-33-23/h5-9,11,13,16,21,26H,4,10,12,14-15,17H2,1-3H3,(H,28,32). The molecule has 2 atom stereocenters. The van der Waals surface area contributed by atoms with E-state index < -0.39 is 0 Å². The van der Waals surface area contributed by atoms with E-state index in [0.29, 0.717) is 0 Å². The van der Waals surface area contributed by atoms with Crippen LogP contribution in [0.3, 0.4) is 0 Å². The van der Waals surface area contributed by atoms with Crippen LogP contribution in [0.15, 0.2) is 48.5 Å². The highest BCUT2D eigenvalue weighted by Gasteiger charge is 2.39. The Morgan fingerprint density at radius 3 is 2.74 bits per heavy atom. The highest BCUT2D eigenvalue weighted by atomic mass is 16.7. The molecular formula is C27H32N4O3. The van der Waals surface area contributed by atoms with E-state index in [9.17, 15) is 4.79 Å². The molecule has 0 saturated heterocycles. The first-order valence-electron chi connectivity index (χ1n) is 12.1. The number of carbonyl (C=O) groups excluding carboxylic acids is 1. The van der Waals surface area contributed by atoms with Gasteiger partial charge in [-0.05, 0) is 49.9 Å². The van der Waals surface area contributed by atoms with Crippen LogP contribution < -0.4 is 14.8 Å². The molecule has 7 nitrogen and oxygen atoms in total.